The van der Waals surface area contributed by atoms with Crippen LogP contribution >= 0.6 is 34.5 Å². The second-order valence-corrected chi connectivity index (χ2v) is 6.84. The summed E-state index contributed by atoms with van der Waals surface area (Å²) in [5.74, 6) is -0.406. The van der Waals surface area contributed by atoms with Crippen molar-refractivity contribution in [2.24, 2.45) is 0 Å². The highest BCUT2D eigenvalue weighted by Gasteiger charge is 2.23. The minimum absolute atomic E-state index is 0.0342. The molecule has 0 aliphatic heterocycles. The van der Waals surface area contributed by atoms with Gasteiger partial charge in [-0.1, -0.05) is 40.5 Å². The van der Waals surface area contributed by atoms with E-state index in [4.69, 9.17) is 33.5 Å². The molecule has 3 N–H and O–H groups in total. The molecule has 0 atom stereocenters. The fourth-order valence-electron chi connectivity index (χ4n) is 2.05. The van der Waals surface area contributed by atoms with Crippen molar-refractivity contribution >= 4 is 46.3 Å². The van der Waals surface area contributed by atoms with Gasteiger partial charge < -0.3 is 15.6 Å². The van der Waals surface area contributed by atoms with Crippen LogP contribution in [0.4, 0.5) is 5.88 Å². The SMILES string of the molecule is Nc1onc(-c2ccc(Cl)s2)c1C(=O)NCc1cccc(Cl)c1. The van der Waals surface area contributed by atoms with E-state index in [-0.39, 0.29) is 17.4 Å². The van der Waals surface area contributed by atoms with Crippen LogP contribution in [0.1, 0.15) is 15.9 Å². The summed E-state index contributed by atoms with van der Waals surface area (Å²) in [7, 11) is 0. The molecule has 0 saturated carbocycles. The third-order valence-corrected chi connectivity index (χ3v) is 4.57. The first kappa shape index (κ1) is 15.9. The Balaban J connectivity index is 1.81. The quantitative estimate of drug-likeness (QED) is 0.722. The van der Waals surface area contributed by atoms with Crippen molar-refractivity contribution in [1.29, 1.82) is 0 Å². The van der Waals surface area contributed by atoms with Crippen molar-refractivity contribution in [3.05, 3.63) is 56.9 Å². The Morgan fingerprint density at radius 1 is 1.30 bits per heavy atom. The lowest BCUT2D eigenvalue weighted by Crippen LogP contribution is -2.23. The number of nitrogen functional groups attached to an aromatic ring is 1. The summed E-state index contributed by atoms with van der Waals surface area (Å²) in [5, 5.41) is 7.25. The van der Waals surface area contributed by atoms with Crippen LogP contribution in [0.25, 0.3) is 10.6 Å². The Labute approximate surface area is 146 Å². The standard InChI is InChI=1S/C15H11Cl2N3O2S/c16-9-3-1-2-8(6-9)7-19-15(21)12-13(20-22-14(12)18)10-4-5-11(17)23-10/h1-6H,7,18H2,(H,19,21). The Hall–Kier alpha value is -2.02. The number of benzene rings is 1. The van der Waals surface area contributed by atoms with Gasteiger partial charge in [0, 0.05) is 11.6 Å². The van der Waals surface area contributed by atoms with Crippen molar-refractivity contribution in [2.75, 3.05) is 5.73 Å². The van der Waals surface area contributed by atoms with Gasteiger partial charge in [0.1, 0.15) is 11.3 Å². The number of nitrogens with one attached hydrogen (secondary N) is 1. The number of halogens is 2. The first-order valence-corrected chi connectivity index (χ1v) is 8.15. The molecule has 2 aromatic heterocycles. The molecule has 0 fully saturated rings. The number of amides is 1. The van der Waals surface area contributed by atoms with Gasteiger partial charge in [0.15, 0.2) is 0 Å². The molecular formula is C15H11Cl2N3O2S. The predicted molar refractivity (Wildman–Crippen MR) is 91.9 cm³/mol. The van der Waals surface area contributed by atoms with Gasteiger partial charge in [-0.05, 0) is 29.8 Å². The van der Waals surface area contributed by atoms with Crippen molar-refractivity contribution in [1.82, 2.24) is 10.5 Å². The van der Waals surface area contributed by atoms with Crippen LogP contribution in [0, 0.1) is 0 Å². The Morgan fingerprint density at radius 2 is 2.13 bits per heavy atom. The van der Waals surface area contributed by atoms with E-state index in [2.05, 4.69) is 10.5 Å². The van der Waals surface area contributed by atoms with E-state index in [1.54, 1.807) is 24.3 Å². The average Bonchev–Trinajstić information content (AvgIpc) is 3.11. The number of thiophene rings is 1. The van der Waals surface area contributed by atoms with Crippen LogP contribution in [0.3, 0.4) is 0 Å². The molecule has 0 aliphatic rings. The number of hydrogen-bond acceptors (Lipinski definition) is 5. The van der Waals surface area contributed by atoms with Crippen LogP contribution in [-0.2, 0) is 6.54 Å². The van der Waals surface area contributed by atoms with E-state index in [1.165, 1.54) is 11.3 Å². The van der Waals surface area contributed by atoms with Crippen molar-refractivity contribution in [3.8, 4) is 10.6 Å². The van der Waals surface area contributed by atoms with Gasteiger partial charge in [-0.2, -0.15) is 0 Å². The molecule has 0 aliphatic carbocycles. The van der Waals surface area contributed by atoms with E-state index < -0.39 is 0 Å². The maximum absolute atomic E-state index is 12.4. The fourth-order valence-corrected chi connectivity index (χ4v) is 3.29. The largest absolute Gasteiger partial charge is 0.367 e. The zero-order chi connectivity index (χ0) is 16.4. The lowest BCUT2D eigenvalue weighted by Gasteiger charge is -2.05. The van der Waals surface area contributed by atoms with Crippen LogP contribution in [0.2, 0.25) is 9.36 Å². The summed E-state index contributed by atoms with van der Waals surface area (Å²) < 4.78 is 5.55. The van der Waals surface area contributed by atoms with Gasteiger partial charge in [0.05, 0.1) is 9.21 Å². The summed E-state index contributed by atoms with van der Waals surface area (Å²) in [4.78, 5) is 13.1. The molecule has 0 saturated heterocycles. The summed E-state index contributed by atoms with van der Waals surface area (Å²) in [6.07, 6.45) is 0. The minimum Gasteiger partial charge on any atom is -0.367 e. The van der Waals surface area contributed by atoms with E-state index in [9.17, 15) is 4.79 Å². The Morgan fingerprint density at radius 3 is 2.83 bits per heavy atom. The first-order chi connectivity index (χ1) is 11.0. The molecular weight excluding hydrogens is 357 g/mol. The zero-order valence-corrected chi connectivity index (χ0v) is 14.0. The summed E-state index contributed by atoms with van der Waals surface area (Å²) in [6, 6.07) is 10.7. The van der Waals surface area contributed by atoms with Gasteiger partial charge >= 0.3 is 0 Å². The van der Waals surface area contributed by atoms with E-state index in [1.807, 2.05) is 12.1 Å². The second kappa shape index (κ2) is 6.62. The summed E-state index contributed by atoms with van der Waals surface area (Å²) in [5.41, 5.74) is 7.19. The third-order valence-electron chi connectivity index (χ3n) is 3.09. The Bertz CT molecular complexity index is 860. The normalized spacial score (nSPS) is 10.7. The summed E-state index contributed by atoms with van der Waals surface area (Å²) >= 11 is 13.1. The lowest BCUT2D eigenvalue weighted by molar-refractivity contribution is 0.0952. The molecule has 2 heterocycles. The number of carbonyl (C=O) groups is 1. The first-order valence-electron chi connectivity index (χ1n) is 6.58. The molecule has 5 nitrogen and oxygen atoms in total. The topological polar surface area (TPSA) is 81.2 Å². The van der Waals surface area contributed by atoms with Crippen molar-refractivity contribution in [3.63, 3.8) is 0 Å². The van der Waals surface area contributed by atoms with Gasteiger partial charge in [-0.3, -0.25) is 4.79 Å². The fraction of sp³-hybridized carbons (Fsp3) is 0.0667. The maximum atomic E-state index is 12.4. The molecule has 1 aromatic carbocycles. The van der Waals surface area contributed by atoms with Crippen molar-refractivity contribution < 1.29 is 9.32 Å². The predicted octanol–water partition coefficient (Wildman–Crippen LogP) is 4.22. The van der Waals surface area contributed by atoms with E-state index in [0.717, 1.165) is 5.56 Å². The summed E-state index contributed by atoms with van der Waals surface area (Å²) in [6.45, 7) is 0.314. The highest BCUT2D eigenvalue weighted by Crippen LogP contribution is 2.34. The highest BCUT2D eigenvalue weighted by atomic mass is 35.5. The minimum atomic E-state index is -0.372. The van der Waals surface area contributed by atoms with E-state index in [0.29, 0.717) is 26.5 Å². The van der Waals surface area contributed by atoms with Crippen LogP contribution < -0.4 is 11.1 Å². The smallest absolute Gasteiger partial charge is 0.259 e. The number of rotatable bonds is 4. The molecule has 3 aromatic rings. The lowest BCUT2D eigenvalue weighted by atomic mass is 10.1. The number of nitrogens with two attached hydrogens (primary N) is 1. The van der Waals surface area contributed by atoms with Gasteiger partial charge in [-0.15, -0.1) is 11.3 Å². The number of anilines is 1. The zero-order valence-electron chi connectivity index (χ0n) is 11.7. The molecule has 23 heavy (non-hydrogen) atoms. The molecule has 0 unspecified atom stereocenters. The number of carbonyl (C=O) groups excluding carboxylic acids is 1. The average molecular weight is 368 g/mol. The monoisotopic (exact) mass is 367 g/mol. The maximum Gasteiger partial charge on any atom is 0.259 e. The molecule has 1 amide bonds. The van der Waals surface area contributed by atoms with Crippen LogP contribution in [0.15, 0.2) is 40.9 Å². The molecule has 0 spiro atoms. The number of hydrogen-bond donors (Lipinski definition) is 2. The highest BCUT2D eigenvalue weighted by molar-refractivity contribution is 7.19. The number of nitrogens with zero attached hydrogens (tertiary/aromatic N) is 1. The molecule has 118 valence electrons. The van der Waals surface area contributed by atoms with Crippen LogP contribution in [0.5, 0.6) is 0 Å². The van der Waals surface area contributed by atoms with Gasteiger partial charge in [0.2, 0.25) is 5.88 Å². The molecule has 0 bridgehead atoms. The molecule has 3 rings (SSSR count). The van der Waals surface area contributed by atoms with Crippen molar-refractivity contribution in [2.45, 2.75) is 6.54 Å². The van der Waals surface area contributed by atoms with Crippen LogP contribution in [-0.4, -0.2) is 11.1 Å². The number of aromatic nitrogens is 1. The molecule has 0 radical (unpaired) electrons. The third kappa shape index (κ3) is 3.50. The van der Waals surface area contributed by atoms with Gasteiger partial charge in [-0.25, -0.2) is 0 Å². The molecule has 8 heteroatoms. The van der Waals surface area contributed by atoms with E-state index >= 15 is 0 Å². The van der Waals surface area contributed by atoms with Gasteiger partial charge in [0.25, 0.3) is 5.91 Å². The Kier molecular flexibility index (Phi) is 4.56. The second-order valence-electron chi connectivity index (χ2n) is 4.69.